The number of nitrogens with zero attached hydrogens (tertiary/aromatic N) is 1. The summed E-state index contributed by atoms with van der Waals surface area (Å²) in [4.78, 5) is 2.42. The van der Waals surface area contributed by atoms with Gasteiger partial charge in [-0.1, -0.05) is 158 Å². The van der Waals surface area contributed by atoms with Gasteiger partial charge in [-0.25, -0.2) is 0 Å². The molecule has 0 amide bonds. The molecule has 0 atom stereocenters. The van der Waals surface area contributed by atoms with Crippen LogP contribution in [0.2, 0.25) is 0 Å². The van der Waals surface area contributed by atoms with E-state index in [0.717, 1.165) is 66.3 Å². The van der Waals surface area contributed by atoms with Gasteiger partial charge in [-0.2, -0.15) is 0 Å². The van der Waals surface area contributed by atoms with E-state index >= 15 is 0 Å². The maximum absolute atomic E-state index is 6.76. The molecule has 0 unspecified atom stereocenters. The first-order chi connectivity index (χ1) is 28.2. The van der Waals surface area contributed by atoms with Crippen LogP contribution in [0.25, 0.3) is 65.8 Å². The van der Waals surface area contributed by atoms with Crippen molar-refractivity contribution in [3.8, 4) is 11.1 Å². The van der Waals surface area contributed by atoms with Crippen molar-refractivity contribution in [1.29, 1.82) is 0 Å². The van der Waals surface area contributed by atoms with Crippen LogP contribution >= 0.6 is 0 Å². The van der Waals surface area contributed by atoms with Crippen LogP contribution in [-0.4, -0.2) is 0 Å². The number of fused-ring (bicyclic) bond motifs is 9. The Bertz CT molecular complexity index is 3330. The monoisotopic (exact) mass is 729 g/mol. The van der Waals surface area contributed by atoms with Gasteiger partial charge in [0, 0.05) is 32.6 Å². The molecule has 0 saturated carbocycles. The zero-order valence-corrected chi connectivity index (χ0v) is 31.2. The van der Waals surface area contributed by atoms with Gasteiger partial charge in [0.25, 0.3) is 0 Å². The van der Waals surface area contributed by atoms with E-state index in [0.29, 0.717) is 0 Å². The molecule has 0 fully saturated rings. The molecule has 2 heterocycles. The van der Waals surface area contributed by atoms with Gasteiger partial charge < -0.3 is 13.7 Å². The third-order valence-corrected chi connectivity index (χ3v) is 12.3. The van der Waals surface area contributed by atoms with Crippen LogP contribution in [0.5, 0.6) is 0 Å². The number of aryl methyl sites for hydroxylation is 1. The van der Waals surface area contributed by atoms with Crippen molar-refractivity contribution < 1.29 is 8.83 Å². The quantitative estimate of drug-likeness (QED) is 0.177. The summed E-state index contributed by atoms with van der Waals surface area (Å²) in [6, 6.07) is 70.2. The average molecular weight is 730 g/mol. The lowest BCUT2D eigenvalue weighted by molar-refractivity contribution is 0.668. The Morgan fingerprint density at radius 3 is 1.77 bits per heavy atom. The molecule has 9 aromatic carbocycles. The fourth-order valence-electron chi connectivity index (χ4n) is 9.94. The molecule has 3 heteroatoms. The summed E-state index contributed by atoms with van der Waals surface area (Å²) < 4.78 is 13.4. The summed E-state index contributed by atoms with van der Waals surface area (Å²) >= 11 is 0. The van der Waals surface area contributed by atoms with Gasteiger partial charge in [0.15, 0.2) is 5.58 Å². The lowest BCUT2D eigenvalue weighted by Crippen LogP contribution is -2.34. The van der Waals surface area contributed by atoms with E-state index in [1.807, 2.05) is 6.07 Å². The molecule has 0 saturated heterocycles. The molecular formula is C54H35NO2. The standard InChI is InChI=1S/C54H35NO2/c1-34-16-8-11-26-44(34)55(46-27-15-23-38-37-21-9-12-28-47(37)57-53(38)46)45-32-30-41-50-39(45)24-14-25-42(50)54(35-17-4-2-5-18-35,36-19-6-3-7-20-36)43-31-33-49-52(51(41)43)40-22-10-13-29-48(40)56-49/h2-33H,1H3. The third-order valence-electron chi connectivity index (χ3n) is 12.3. The Morgan fingerprint density at radius 1 is 0.386 bits per heavy atom. The van der Waals surface area contributed by atoms with Gasteiger partial charge in [-0.05, 0) is 87.7 Å². The lowest BCUT2D eigenvalue weighted by atomic mass is 9.59. The maximum Gasteiger partial charge on any atom is 0.159 e. The smallest absolute Gasteiger partial charge is 0.159 e. The molecule has 12 rings (SSSR count). The highest BCUT2D eigenvalue weighted by Gasteiger charge is 2.45. The molecule has 0 N–H and O–H groups in total. The molecule has 0 radical (unpaired) electrons. The topological polar surface area (TPSA) is 29.5 Å². The van der Waals surface area contributed by atoms with Crippen molar-refractivity contribution in [2.24, 2.45) is 0 Å². The van der Waals surface area contributed by atoms with E-state index in [-0.39, 0.29) is 0 Å². The molecule has 3 nitrogen and oxygen atoms in total. The van der Waals surface area contributed by atoms with Gasteiger partial charge >= 0.3 is 0 Å². The second-order valence-corrected chi connectivity index (χ2v) is 15.2. The van der Waals surface area contributed by atoms with Gasteiger partial charge in [-0.3, -0.25) is 0 Å². The predicted octanol–water partition coefficient (Wildman–Crippen LogP) is 14.8. The van der Waals surface area contributed by atoms with Crippen molar-refractivity contribution in [1.82, 2.24) is 0 Å². The van der Waals surface area contributed by atoms with Crippen LogP contribution in [0.1, 0.15) is 27.8 Å². The molecule has 0 bridgehead atoms. The summed E-state index contributed by atoms with van der Waals surface area (Å²) in [5.41, 5.74) is 14.6. The minimum atomic E-state index is -0.637. The van der Waals surface area contributed by atoms with Crippen LogP contribution in [0.4, 0.5) is 17.1 Å². The molecule has 2 aromatic heterocycles. The van der Waals surface area contributed by atoms with E-state index in [1.165, 1.54) is 44.3 Å². The van der Waals surface area contributed by atoms with Crippen LogP contribution < -0.4 is 4.90 Å². The third kappa shape index (κ3) is 4.37. The van der Waals surface area contributed by atoms with Crippen molar-refractivity contribution in [2.45, 2.75) is 12.3 Å². The van der Waals surface area contributed by atoms with E-state index in [1.54, 1.807) is 0 Å². The van der Waals surface area contributed by atoms with Crippen molar-refractivity contribution in [3.63, 3.8) is 0 Å². The molecule has 57 heavy (non-hydrogen) atoms. The van der Waals surface area contributed by atoms with Crippen LogP contribution in [-0.2, 0) is 5.41 Å². The number of furan rings is 2. The van der Waals surface area contributed by atoms with Gasteiger partial charge in [0.1, 0.15) is 16.7 Å². The Kier molecular flexibility index (Phi) is 6.76. The Morgan fingerprint density at radius 2 is 1.00 bits per heavy atom. The highest BCUT2D eigenvalue weighted by molar-refractivity contribution is 6.21. The maximum atomic E-state index is 6.76. The number of rotatable bonds is 5. The molecule has 1 aliphatic carbocycles. The van der Waals surface area contributed by atoms with Crippen LogP contribution in [0.3, 0.4) is 0 Å². The second-order valence-electron chi connectivity index (χ2n) is 15.2. The Labute approximate surface area is 329 Å². The highest BCUT2D eigenvalue weighted by atomic mass is 16.3. The lowest BCUT2D eigenvalue weighted by Gasteiger charge is -2.42. The number of para-hydroxylation sites is 4. The fourth-order valence-corrected chi connectivity index (χ4v) is 9.94. The fraction of sp³-hybridized carbons (Fsp3) is 0.0370. The zero-order chi connectivity index (χ0) is 37.7. The van der Waals surface area contributed by atoms with Crippen molar-refractivity contribution in [3.05, 3.63) is 222 Å². The first kappa shape index (κ1) is 31.9. The minimum absolute atomic E-state index is 0.637. The minimum Gasteiger partial charge on any atom is -0.456 e. The molecule has 0 spiro atoms. The van der Waals surface area contributed by atoms with Crippen LogP contribution in [0, 0.1) is 6.92 Å². The van der Waals surface area contributed by atoms with Gasteiger partial charge in [0.2, 0.25) is 0 Å². The molecule has 11 aromatic rings. The Balaban J connectivity index is 1.27. The normalized spacial score (nSPS) is 13.1. The summed E-state index contributed by atoms with van der Waals surface area (Å²) in [6.45, 7) is 2.19. The van der Waals surface area contributed by atoms with Gasteiger partial charge in [0.05, 0.1) is 16.8 Å². The number of hydrogen-bond donors (Lipinski definition) is 0. The SMILES string of the molecule is Cc1ccccc1N(c1ccc2c3c(cccc13)C(c1ccccc1)(c1ccccc1)c1ccc3oc4ccccc4c3c1-2)c1cccc2c1oc1ccccc12. The molecule has 268 valence electrons. The largest absolute Gasteiger partial charge is 0.456 e. The van der Waals surface area contributed by atoms with Crippen molar-refractivity contribution >= 4 is 71.7 Å². The van der Waals surface area contributed by atoms with E-state index in [9.17, 15) is 0 Å². The van der Waals surface area contributed by atoms with Crippen molar-refractivity contribution in [2.75, 3.05) is 4.90 Å². The molecule has 0 aliphatic heterocycles. The number of hydrogen-bond acceptors (Lipinski definition) is 3. The summed E-state index contributed by atoms with van der Waals surface area (Å²) in [5.74, 6) is 0. The summed E-state index contributed by atoms with van der Waals surface area (Å²) in [7, 11) is 0. The second kappa shape index (κ2) is 12.1. The molecular weight excluding hydrogens is 695 g/mol. The number of benzene rings is 9. The first-order valence-corrected chi connectivity index (χ1v) is 19.6. The molecule has 1 aliphatic rings. The predicted molar refractivity (Wildman–Crippen MR) is 235 cm³/mol. The van der Waals surface area contributed by atoms with E-state index in [2.05, 4.69) is 200 Å². The highest BCUT2D eigenvalue weighted by Crippen LogP contribution is 2.59. The van der Waals surface area contributed by atoms with E-state index < -0.39 is 5.41 Å². The average Bonchev–Trinajstić information content (AvgIpc) is 3.85. The van der Waals surface area contributed by atoms with Crippen LogP contribution in [0.15, 0.2) is 203 Å². The summed E-state index contributed by atoms with van der Waals surface area (Å²) in [5, 5.41) is 6.86. The summed E-state index contributed by atoms with van der Waals surface area (Å²) in [6.07, 6.45) is 0. The zero-order valence-electron chi connectivity index (χ0n) is 31.2. The number of anilines is 3. The first-order valence-electron chi connectivity index (χ1n) is 19.6. The Hall–Kier alpha value is -7.36. The van der Waals surface area contributed by atoms with E-state index in [4.69, 9.17) is 8.83 Å². The van der Waals surface area contributed by atoms with Gasteiger partial charge in [-0.15, -0.1) is 0 Å².